The van der Waals surface area contributed by atoms with Gasteiger partial charge in [-0.05, 0) is 205 Å². The highest BCUT2D eigenvalue weighted by atomic mass is 28.4. The summed E-state index contributed by atoms with van der Waals surface area (Å²) in [6, 6.07) is 10.3. The van der Waals surface area contributed by atoms with Gasteiger partial charge in [0, 0.05) is 88.1 Å². The number of morpholine rings is 1. The van der Waals surface area contributed by atoms with Crippen molar-refractivity contribution in [1.29, 1.82) is 0 Å². The summed E-state index contributed by atoms with van der Waals surface area (Å²) in [4.78, 5) is 17.3. The van der Waals surface area contributed by atoms with Crippen LogP contribution in [0.3, 0.4) is 0 Å². The molecule has 2 N–H and O–H groups in total. The molecule has 8 aliphatic heterocycles. The normalized spacial score (nSPS) is 27.6. The molecular formula is C69H132N8O4Si. The molecular weight excluding hydrogens is 1030 g/mol. The minimum absolute atomic E-state index is 0. The summed E-state index contributed by atoms with van der Waals surface area (Å²) in [5.74, 6) is -0.188. The summed E-state index contributed by atoms with van der Waals surface area (Å²) in [5.41, 5.74) is 1.19. The smallest absolute Gasteiger partial charge is 0.192 e. The van der Waals surface area contributed by atoms with Gasteiger partial charge in [0.15, 0.2) is 14.1 Å². The number of piperidine rings is 2. The molecule has 476 valence electrons. The van der Waals surface area contributed by atoms with Crippen LogP contribution in [0.2, 0.25) is 18.1 Å². The van der Waals surface area contributed by atoms with Gasteiger partial charge in [-0.2, -0.15) is 0 Å². The zero-order valence-corrected chi connectivity index (χ0v) is 54.7. The van der Waals surface area contributed by atoms with Crippen molar-refractivity contribution in [3.05, 3.63) is 30.1 Å². The van der Waals surface area contributed by atoms with E-state index < -0.39 is 8.32 Å². The van der Waals surface area contributed by atoms with E-state index >= 15 is 0 Å². The minimum atomic E-state index is -1.47. The average Bonchev–Trinajstić information content (AvgIpc) is 4.49. The summed E-state index contributed by atoms with van der Waals surface area (Å²) in [5, 5.41) is 7.32. The Labute approximate surface area is 507 Å². The summed E-state index contributed by atoms with van der Waals surface area (Å²) in [7, 11) is 0.671. The van der Waals surface area contributed by atoms with Gasteiger partial charge in [-0.15, -0.1) is 0 Å². The van der Waals surface area contributed by atoms with Gasteiger partial charge >= 0.3 is 0 Å². The highest BCUT2D eigenvalue weighted by Gasteiger charge is 2.40. The average molecular weight is 1170 g/mol. The molecule has 8 saturated heterocycles. The van der Waals surface area contributed by atoms with Crippen LogP contribution in [-0.2, 0) is 18.6 Å². The molecule has 1 aromatic heterocycles. The largest absolute Gasteiger partial charge is 0.414 e. The predicted molar refractivity (Wildman–Crippen MR) is 349 cm³/mol. The van der Waals surface area contributed by atoms with Crippen LogP contribution < -0.4 is 10.6 Å². The van der Waals surface area contributed by atoms with E-state index in [1.54, 1.807) is 0 Å². The molecule has 13 rings (SSSR count). The van der Waals surface area contributed by atoms with E-state index in [4.69, 9.17) is 18.6 Å². The summed E-state index contributed by atoms with van der Waals surface area (Å²) in [6.45, 7) is 31.6. The Morgan fingerprint density at radius 3 is 1.46 bits per heavy atom. The first kappa shape index (κ1) is 70.0. The molecule has 4 aliphatic carbocycles. The van der Waals surface area contributed by atoms with Crippen LogP contribution in [-0.4, -0.2) is 192 Å². The van der Waals surface area contributed by atoms with Crippen LogP contribution in [0.25, 0.3) is 0 Å². The van der Waals surface area contributed by atoms with Gasteiger partial charge in [-0.1, -0.05) is 111 Å². The monoisotopic (exact) mass is 1170 g/mol. The highest BCUT2D eigenvalue weighted by Crippen LogP contribution is 2.39. The number of hydrogen-bond donors (Lipinski definition) is 2. The lowest BCUT2D eigenvalue weighted by Crippen LogP contribution is -2.44. The number of pyridine rings is 1. The molecule has 1 aromatic rings. The van der Waals surface area contributed by atoms with Crippen molar-refractivity contribution >= 4 is 8.32 Å². The fraction of sp³-hybridized carbons (Fsp3) is 0.928. The molecule has 12 nitrogen and oxygen atoms in total. The third-order valence-electron chi connectivity index (χ3n) is 20.9. The van der Waals surface area contributed by atoms with Crippen LogP contribution >= 0.6 is 0 Å². The Bertz CT molecular complexity index is 1610. The third-order valence-corrected chi connectivity index (χ3v) is 25.5. The van der Waals surface area contributed by atoms with Crippen molar-refractivity contribution in [2.24, 2.45) is 0 Å². The van der Waals surface area contributed by atoms with Gasteiger partial charge in [0.2, 0.25) is 0 Å². The van der Waals surface area contributed by atoms with Crippen LogP contribution in [0, 0.1) is 0 Å². The maximum atomic E-state index is 6.30. The second-order valence-electron chi connectivity index (χ2n) is 28.3. The summed E-state index contributed by atoms with van der Waals surface area (Å²) < 4.78 is 22.8. The SMILES string of the molecule is C.C1CCC(N2CCCC2)CC1.C1CCC(N2CCCCC2)CC1.C1CCC(N2CCOCC2)CC1.C1CNC(CN2CCCC2)C1.CC(C)(C)[Si](C)(C)OC1CCCC1.CN1CCC2(CC1)OCCO2.c1ccc(C2CCCN2)nc1. The number of likely N-dealkylation sites (tertiary alicyclic amines) is 4. The molecule has 0 radical (unpaired) electrons. The number of aromatic nitrogens is 1. The Balaban J connectivity index is 0.000000154. The number of hydrogen-bond acceptors (Lipinski definition) is 12. The van der Waals surface area contributed by atoms with Crippen molar-refractivity contribution in [3.63, 3.8) is 0 Å². The molecule has 82 heavy (non-hydrogen) atoms. The van der Waals surface area contributed by atoms with Gasteiger partial charge in [0.1, 0.15) is 0 Å². The molecule has 1 spiro atoms. The fourth-order valence-electron chi connectivity index (χ4n) is 14.7. The van der Waals surface area contributed by atoms with E-state index in [1.807, 2.05) is 18.3 Å². The zero-order valence-electron chi connectivity index (χ0n) is 53.7. The Morgan fingerprint density at radius 1 is 0.537 bits per heavy atom. The van der Waals surface area contributed by atoms with E-state index in [0.717, 1.165) is 83.1 Å². The second-order valence-corrected chi connectivity index (χ2v) is 33.0. The first-order valence-electron chi connectivity index (χ1n) is 35.0. The fourth-order valence-corrected chi connectivity index (χ4v) is 16.1. The van der Waals surface area contributed by atoms with E-state index in [0.29, 0.717) is 17.2 Å². The van der Waals surface area contributed by atoms with E-state index in [-0.39, 0.29) is 13.2 Å². The predicted octanol–water partition coefficient (Wildman–Crippen LogP) is 14.3. The maximum absolute atomic E-state index is 6.30. The van der Waals surface area contributed by atoms with Crippen molar-refractivity contribution in [1.82, 2.24) is 40.1 Å². The van der Waals surface area contributed by atoms with Crippen LogP contribution in [0.4, 0.5) is 0 Å². The lowest BCUT2D eigenvalue weighted by molar-refractivity contribution is -0.183. The second kappa shape index (κ2) is 39.0. The molecule has 12 aliphatic rings. The van der Waals surface area contributed by atoms with Crippen LogP contribution in [0.15, 0.2) is 24.4 Å². The zero-order chi connectivity index (χ0) is 56.9. The minimum Gasteiger partial charge on any atom is -0.414 e. The lowest BCUT2D eigenvalue weighted by atomic mass is 9.93. The van der Waals surface area contributed by atoms with Crippen molar-refractivity contribution in [2.45, 2.75) is 294 Å². The quantitative estimate of drug-likeness (QED) is 0.243. The van der Waals surface area contributed by atoms with Crippen molar-refractivity contribution < 1.29 is 18.6 Å². The molecule has 9 heterocycles. The van der Waals surface area contributed by atoms with Gasteiger partial charge in [0.05, 0.1) is 32.1 Å². The number of ether oxygens (including phenoxy) is 3. The van der Waals surface area contributed by atoms with Crippen molar-refractivity contribution in [2.75, 3.05) is 119 Å². The van der Waals surface area contributed by atoms with E-state index in [1.165, 1.54) is 264 Å². The molecule has 0 bridgehead atoms. The molecule has 4 saturated carbocycles. The summed E-state index contributed by atoms with van der Waals surface area (Å²) >= 11 is 0. The Hall–Kier alpha value is -1.07. The molecule has 0 aromatic carbocycles. The Kier molecular flexibility index (Phi) is 33.3. The van der Waals surface area contributed by atoms with Gasteiger partial charge in [-0.3, -0.25) is 9.88 Å². The molecule has 13 heteroatoms. The lowest BCUT2D eigenvalue weighted by Gasteiger charge is -2.38. The first-order chi connectivity index (χ1) is 39.5. The molecule has 2 atom stereocenters. The molecule has 0 amide bonds. The van der Waals surface area contributed by atoms with Gasteiger partial charge < -0.3 is 48.9 Å². The number of nitrogens with zero attached hydrogens (tertiary/aromatic N) is 6. The highest BCUT2D eigenvalue weighted by molar-refractivity contribution is 6.74. The standard InChI is InChI=1S/C11H21N.C11H24OSi.C10H19NO.C10H19N.C9H18N2.C9H12N2.C8H15NO2.CH4/c1-3-7-11(8-4-1)12-9-5-2-6-10-12;1-11(2,3)13(4,5)12-10-8-6-7-9-10;1-2-4-10(5-3-1)11-6-8-12-9-7-11;1-2-6-10(7-3-1)11-8-4-5-9-11;1-2-7-11(6-1)8-9-4-3-5-10-9;1-2-6-10-8(4-1)9-5-3-7-11-9;1-9-4-2-8(3-5-9)10-6-7-11-8;/h11H,1-10H2;10H,6-9H2,1-5H3;10H,1-9H2;10H,1-9H2;9-10H,1-8H2;1-2,4,6,9,11H,3,5,7H2;2-7H2,1H3;1H4. The van der Waals surface area contributed by atoms with Gasteiger partial charge in [0.25, 0.3) is 0 Å². The third kappa shape index (κ3) is 25.6. The van der Waals surface area contributed by atoms with E-state index in [2.05, 4.69) is 87.1 Å². The first-order valence-corrected chi connectivity index (χ1v) is 37.9. The number of rotatable bonds is 8. The maximum Gasteiger partial charge on any atom is 0.192 e. The molecule has 12 fully saturated rings. The number of nitrogens with one attached hydrogen (secondary N) is 2. The Morgan fingerprint density at radius 2 is 1.00 bits per heavy atom. The van der Waals surface area contributed by atoms with Crippen LogP contribution in [0.1, 0.15) is 245 Å². The van der Waals surface area contributed by atoms with Crippen LogP contribution in [0.5, 0.6) is 0 Å². The van der Waals surface area contributed by atoms with Gasteiger partial charge in [-0.25, -0.2) is 0 Å². The van der Waals surface area contributed by atoms with E-state index in [9.17, 15) is 0 Å². The molecule has 2 unspecified atom stereocenters. The van der Waals surface area contributed by atoms with Crippen molar-refractivity contribution in [3.8, 4) is 0 Å². The summed E-state index contributed by atoms with van der Waals surface area (Å²) in [6.07, 6.45) is 47.4. The topological polar surface area (TPSA) is 90.1 Å².